The normalized spacial score (nSPS) is 18.5. The highest BCUT2D eigenvalue weighted by atomic mass is 35.5. The number of hydrogen-bond acceptors (Lipinski definition) is 5. The number of benzene rings is 3. The van der Waals surface area contributed by atoms with Crippen LogP contribution in [0.3, 0.4) is 0 Å². The van der Waals surface area contributed by atoms with Crippen LogP contribution in [0.15, 0.2) is 72.8 Å². The van der Waals surface area contributed by atoms with Crippen LogP contribution in [0.2, 0.25) is 5.02 Å². The second-order valence-corrected chi connectivity index (χ2v) is 9.66. The molecular weight excluding hydrogens is 535 g/mol. The average molecular weight is 560 g/mol. The van der Waals surface area contributed by atoms with Crippen LogP contribution in [-0.2, 0) is 20.5 Å². The summed E-state index contributed by atoms with van der Waals surface area (Å²) in [7, 11) is 0. The first-order chi connectivity index (χ1) is 18.7. The third-order valence-electron chi connectivity index (χ3n) is 6.57. The van der Waals surface area contributed by atoms with Gasteiger partial charge in [0.1, 0.15) is 24.2 Å². The third-order valence-corrected chi connectivity index (χ3v) is 6.83. The molecule has 2 heterocycles. The van der Waals surface area contributed by atoms with Gasteiger partial charge in [-0.05, 0) is 66.2 Å². The van der Waals surface area contributed by atoms with Gasteiger partial charge in [0.15, 0.2) is 0 Å². The Hall–Kier alpha value is -3.60. The minimum atomic E-state index is -4.58. The van der Waals surface area contributed by atoms with Gasteiger partial charge in [-0.3, -0.25) is 19.4 Å². The molecule has 2 saturated heterocycles. The van der Waals surface area contributed by atoms with Gasteiger partial charge in [-0.1, -0.05) is 23.7 Å². The fourth-order valence-corrected chi connectivity index (χ4v) is 4.78. The molecule has 2 amide bonds. The number of amides is 2. The van der Waals surface area contributed by atoms with E-state index in [1.54, 1.807) is 48.5 Å². The molecule has 204 valence electrons. The number of rotatable bonds is 6. The van der Waals surface area contributed by atoms with Crippen molar-refractivity contribution in [3.63, 3.8) is 0 Å². The topological polar surface area (TPSA) is 62.3 Å². The lowest BCUT2D eigenvalue weighted by molar-refractivity contribution is -0.137. The van der Waals surface area contributed by atoms with Crippen molar-refractivity contribution in [1.82, 2.24) is 9.80 Å². The molecule has 0 N–H and O–H groups in total. The Morgan fingerprint density at radius 2 is 1.62 bits per heavy atom. The minimum Gasteiger partial charge on any atom is -0.457 e. The van der Waals surface area contributed by atoms with Crippen molar-refractivity contribution in [3.05, 3.63) is 88.9 Å². The molecule has 2 fully saturated rings. The maximum atomic E-state index is 13.6. The van der Waals surface area contributed by atoms with E-state index in [-0.39, 0.29) is 24.6 Å². The van der Waals surface area contributed by atoms with Crippen LogP contribution in [0.1, 0.15) is 17.3 Å². The van der Waals surface area contributed by atoms with Crippen LogP contribution in [0.4, 0.5) is 18.9 Å². The SMILES string of the molecule is O=C(CN1CCOCC1)N1CC(=O)N(c2ccc(Oc3ccc(Cl)cc3)cc2)C1c1cccc(C(F)(F)F)c1. The van der Waals surface area contributed by atoms with Gasteiger partial charge in [-0.2, -0.15) is 13.2 Å². The van der Waals surface area contributed by atoms with Crippen LogP contribution in [-0.4, -0.2) is 61.0 Å². The third kappa shape index (κ3) is 6.19. The number of carbonyl (C=O) groups excluding carboxylic acids is 2. The zero-order chi connectivity index (χ0) is 27.6. The number of morpholine rings is 1. The first-order valence-corrected chi connectivity index (χ1v) is 12.7. The monoisotopic (exact) mass is 559 g/mol. The zero-order valence-electron chi connectivity index (χ0n) is 20.7. The molecule has 7 nitrogen and oxygen atoms in total. The Balaban J connectivity index is 1.45. The highest BCUT2D eigenvalue weighted by Gasteiger charge is 2.43. The maximum absolute atomic E-state index is 13.6. The van der Waals surface area contributed by atoms with Crippen molar-refractivity contribution < 1.29 is 32.2 Å². The number of ether oxygens (including phenoxy) is 2. The van der Waals surface area contributed by atoms with Crippen LogP contribution in [0.25, 0.3) is 0 Å². The van der Waals surface area contributed by atoms with E-state index < -0.39 is 23.8 Å². The van der Waals surface area contributed by atoms with Gasteiger partial charge in [-0.25, -0.2) is 0 Å². The van der Waals surface area contributed by atoms with Crippen LogP contribution in [0, 0.1) is 0 Å². The van der Waals surface area contributed by atoms with Gasteiger partial charge in [0.2, 0.25) is 11.8 Å². The molecule has 0 spiro atoms. The van der Waals surface area contributed by atoms with Gasteiger partial charge >= 0.3 is 6.18 Å². The fourth-order valence-electron chi connectivity index (χ4n) is 4.65. The van der Waals surface area contributed by atoms with E-state index in [1.165, 1.54) is 21.9 Å². The highest BCUT2D eigenvalue weighted by molar-refractivity contribution is 6.30. The second kappa shape index (κ2) is 11.3. The number of alkyl halides is 3. The van der Waals surface area contributed by atoms with Crippen molar-refractivity contribution in [3.8, 4) is 11.5 Å². The Bertz CT molecular complexity index is 1330. The van der Waals surface area contributed by atoms with E-state index in [2.05, 4.69) is 0 Å². The van der Waals surface area contributed by atoms with Gasteiger partial charge in [0.05, 0.1) is 25.3 Å². The molecule has 0 saturated carbocycles. The molecule has 0 aliphatic carbocycles. The lowest BCUT2D eigenvalue weighted by Gasteiger charge is -2.33. The Labute approximate surface area is 228 Å². The molecule has 0 radical (unpaired) electrons. The van der Waals surface area contributed by atoms with Crippen molar-refractivity contribution in [2.45, 2.75) is 12.3 Å². The van der Waals surface area contributed by atoms with E-state index in [0.717, 1.165) is 12.1 Å². The quantitative estimate of drug-likeness (QED) is 0.407. The number of anilines is 1. The summed E-state index contributed by atoms with van der Waals surface area (Å²) in [5.74, 6) is 0.298. The predicted octanol–water partition coefficient (Wildman–Crippen LogP) is 5.36. The summed E-state index contributed by atoms with van der Waals surface area (Å²) in [6.07, 6.45) is -5.62. The summed E-state index contributed by atoms with van der Waals surface area (Å²) in [5.41, 5.74) is -0.244. The number of nitrogens with zero attached hydrogens (tertiary/aromatic N) is 3. The molecule has 1 atom stereocenters. The van der Waals surface area contributed by atoms with Crippen LogP contribution >= 0.6 is 11.6 Å². The lowest BCUT2D eigenvalue weighted by Crippen LogP contribution is -2.45. The second-order valence-electron chi connectivity index (χ2n) is 9.22. The van der Waals surface area contributed by atoms with E-state index in [4.69, 9.17) is 21.1 Å². The molecular formula is C28H25ClF3N3O4. The molecule has 0 aromatic heterocycles. The van der Waals surface area contributed by atoms with E-state index in [0.29, 0.717) is 48.5 Å². The van der Waals surface area contributed by atoms with Crippen LogP contribution in [0.5, 0.6) is 11.5 Å². The molecule has 11 heteroatoms. The molecule has 5 rings (SSSR count). The summed E-state index contributed by atoms with van der Waals surface area (Å²) >= 11 is 5.92. The number of hydrogen-bond donors (Lipinski definition) is 0. The van der Waals surface area contributed by atoms with Gasteiger partial charge in [-0.15, -0.1) is 0 Å². The molecule has 2 aliphatic heterocycles. The molecule has 3 aromatic carbocycles. The highest BCUT2D eigenvalue weighted by Crippen LogP contribution is 2.39. The molecule has 3 aromatic rings. The van der Waals surface area contributed by atoms with Crippen molar-refractivity contribution in [2.24, 2.45) is 0 Å². The average Bonchev–Trinajstić information content (AvgIpc) is 3.28. The van der Waals surface area contributed by atoms with Gasteiger partial charge in [0, 0.05) is 23.8 Å². The summed E-state index contributed by atoms with van der Waals surface area (Å²) in [6.45, 7) is 1.86. The molecule has 0 bridgehead atoms. The van der Waals surface area contributed by atoms with Gasteiger partial charge in [0.25, 0.3) is 0 Å². The summed E-state index contributed by atoms with van der Waals surface area (Å²) in [5, 5.41) is 0.568. The van der Waals surface area contributed by atoms with Crippen molar-refractivity contribution in [2.75, 3.05) is 44.3 Å². The van der Waals surface area contributed by atoms with Crippen molar-refractivity contribution >= 4 is 29.1 Å². The Morgan fingerprint density at radius 1 is 0.974 bits per heavy atom. The lowest BCUT2D eigenvalue weighted by atomic mass is 10.1. The van der Waals surface area contributed by atoms with Gasteiger partial charge < -0.3 is 14.4 Å². The predicted molar refractivity (Wildman–Crippen MR) is 139 cm³/mol. The number of halogens is 4. The maximum Gasteiger partial charge on any atom is 0.416 e. The van der Waals surface area contributed by atoms with E-state index in [9.17, 15) is 22.8 Å². The Kier molecular flexibility index (Phi) is 7.79. The van der Waals surface area contributed by atoms with E-state index >= 15 is 0 Å². The fraction of sp³-hybridized carbons (Fsp3) is 0.286. The minimum absolute atomic E-state index is 0.0355. The summed E-state index contributed by atoms with van der Waals surface area (Å²) in [6, 6.07) is 18.1. The summed E-state index contributed by atoms with van der Waals surface area (Å²) in [4.78, 5) is 31.3. The summed E-state index contributed by atoms with van der Waals surface area (Å²) < 4.78 is 51.8. The number of carbonyl (C=O) groups is 2. The van der Waals surface area contributed by atoms with E-state index in [1.807, 2.05) is 4.90 Å². The molecule has 1 unspecified atom stereocenters. The molecule has 2 aliphatic rings. The van der Waals surface area contributed by atoms with Crippen molar-refractivity contribution in [1.29, 1.82) is 0 Å². The first kappa shape index (κ1) is 27.0. The smallest absolute Gasteiger partial charge is 0.416 e. The standard InChI is InChI=1S/C28H25ClF3N3O4/c29-21-4-8-23(9-5-21)39-24-10-6-22(7-11-24)35-26(37)18-34(25(36)17-33-12-14-38-15-13-33)27(35)19-2-1-3-20(16-19)28(30,31)32/h1-11,16,27H,12-15,17-18H2. The zero-order valence-corrected chi connectivity index (χ0v) is 21.5. The van der Waals surface area contributed by atoms with Crippen LogP contribution < -0.4 is 9.64 Å². The largest absolute Gasteiger partial charge is 0.457 e. The first-order valence-electron chi connectivity index (χ1n) is 12.3. The Morgan fingerprint density at radius 3 is 2.26 bits per heavy atom. The molecule has 39 heavy (non-hydrogen) atoms.